The van der Waals surface area contributed by atoms with Crippen LogP contribution in [0.15, 0.2) is 0 Å². The van der Waals surface area contributed by atoms with E-state index in [0.29, 0.717) is 0 Å². The first kappa shape index (κ1) is 9.16. The number of hydrogen-bond acceptors (Lipinski definition) is 3. The van der Waals surface area contributed by atoms with E-state index in [0.717, 1.165) is 18.9 Å². The van der Waals surface area contributed by atoms with E-state index in [2.05, 4.69) is 11.9 Å². The van der Waals surface area contributed by atoms with E-state index in [1.54, 1.807) is 0 Å². The molecular formula is C10H16N2S. The summed E-state index contributed by atoms with van der Waals surface area (Å²) < 4.78 is 0. The third-order valence-corrected chi connectivity index (χ3v) is 3.86. The molecule has 0 amide bonds. The Labute approximate surface area is 83.2 Å². The molecule has 2 N–H and O–H groups in total. The lowest BCUT2D eigenvalue weighted by Gasteiger charge is -2.08. The fourth-order valence-electron chi connectivity index (χ4n) is 1.96. The lowest BCUT2D eigenvalue weighted by molar-refractivity contribution is 0.475. The summed E-state index contributed by atoms with van der Waals surface area (Å²) in [5.41, 5.74) is 7.03. The maximum Gasteiger partial charge on any atom is 0.0900 e. The summed E-state index contributed by atoms with van der Waals surface area (Å²) in [6.07, 6.45) is 4.82. The van der Waals surface area contributed by atoms with Crippen molar-refractivity contribution in [3.05, 3.63) is 15.6 Å². The topological polar surface area (TPSA) is 38.9 Å². The molecule has 72 valence electrons. The van der Waals surface area contributed by atoms with Gasteiger partial charge in [0, 0.05) is 4.88 Å². The van der Waals surface area contributed by atoms with Crippen molar-refractivity contribution in [1.82, 2.24) is 4.98 Å². The van der Waals surface area contributed by atoms with Gasteiger partial charge in [-0.25, -0.2) is 4.98 Å². The van der Waals surface area contributed by atoms with Crippen molar-refractivity contribution in [2.24, 2.45) is 11.7 Å². The first-order valence-electron chi connectivity index (χ1n) is 4.95. The van der Waals surface area contributed by atoms with Crippen LogP contribution in [0.5, 0.6) is 0 Å². The summed E-state index contributed by atoms with van der Waals surface area (Å²) in [6, 6.07) is 0. The number of aryl methyl sites for hydroxylation is 3. The number of hydrogen-bond donors (Lipinski definition) is 1. The molecule has 2 nitrogen and oxygen atoms in total. The van der Waals surface area contributed by atoms with Gasteiger partial charge < -0.3 is 5.73 Å². The van der Waals surface area contributed by atoms with E-state index in [-0.39, 0.29) is 0 Å². The molecule has 1 aromatic rings. The summed E-state index contributed by atoms with van der Waals surface area (Å²) in [4.78, 5) is 6.07. The molecule has 1 aromatic heterocycles. The molecule has 1 heterocycles. The third-order valence-electron chi connectivity index (χ3n) is 2.79. The minimum atomic E-state index is 0.724. The Morgan fingerprint density at radius 3 is 3.00 bits per heavy atom. The van der Waals surface area contributed by atoms with Crippen LogP contribution in [0.25, 0.3) is 0 Å². The number of aromatic nitrogens is 1. The number of rotatable bonds is 1. The molecule has 0 bridgehead atoms. The summed E-state index contributed by atoms with van der Waals surface area (Å²) in [5, 5.41) is 1.22. The second kappa shape index (κ2) is 3.76. The van der Waals surface area contributed by atoms with Crippen LogP contribution in [0, 0.1) is 12.8 Å². The lowest BCUT2D eigenvalue weighted by atomic mass is 10.0. The number of nitrogens with zero attached hydrogens (tertiary/aromatic N) is 1. The van der Waals surface area contributed by atoms with Crippen molar-refractivity contribution in [1.29, 1.82) is 0 Å². The van der Waals surface area contributed by atoms with E-state index in [9.17, 15) is 0 Å². The van der Waals surface area contributed by atoms with Crippen LogP contribution in [0.4, 0.5) is 0 Å². The fourth-order valence-corrected chi connectivity index (χ4v) is 2.96. The van der Waals surface area contributed by atoms with Crippen molar-refractivity contribution < 1.29 is 0 Å². The first-order chi connectivity index (χ1) is 6.29. The van der Waals surface area contributed by atoms with Crippen molar-refractivity contribution in [3.8, 4) is 0 Å². The highest BCUT2D eigenvalue weighted by Gasteiger charge is 2.17. The maximum absolute atomic E-state index is 5.69. The van der Waals surface area contributed by atoms with Gasteiger partial charge in [0.05, 0.1) is 10.7 Å². The molecule has 0 aliphatic heterocycles. The molecule has 1 unspecified atom stereocenters. The second-order valence-corrected chi connectivity index (χ2v) is 5.07. The van der Waals surface area contributed by atoms with Crippen molar-refractivity contribution in [3.63, 3.8) is 0 Å². The zero-order chi connectivity index (χ0) is 9.26. The van der Waals surface area contributed by atoms with Crippen LogP contribution in [0.3, 0.4) is 0 Å². The van der Waals surface area contributed by atoms with Crippen LogP contribution < -0.4 is 5.73 Å². The van der Waals surface area contributed by atoms with Gasteiger partial charge in [0.2, 0.25) is 0 Å². The van der Waals surface area contributed by atoms with Gasteiger partial charge in [0.25, 0.3) is 0 Å². The molecule has 0 saturated heterocycles. The highest BCUT2D eigenvalue weighted by Crippen LogP contribution is 2.27. The number of fused-ring (bicyclic) bond motifs is 1. The fraction of sp³-hybridized carbons (Fsp3) is 0.700. The predicted octanol–water partition coefficient (Wildman–Crippen LogP) is 1.91. The Morgan fingerprint density at radius 1 is 1.46 bits per heavy atom. The molecule has 0 fully saturated rings. The average Bonchev–Trinajstić information content (AvgIpc) is 2.37. The van der Waals surface area contributed by atoms with E-state index in [4.69, 9.17) is 5.73 Å². The summed E-state index contributed by atoms with van der Waals surface area (Å²) in [5.74, 6) is 0.724. The molecule has 0 saturated carbocycles. The van der Waals surface area contributed by atoms with Crippen molar-refractivity contribution in [2.45, 2.75) is 32.6 Å². The summed E-state index contributed by atoms with van der Waals surface area (Å²) >= 11 is 1.86. The first-order valence-corrected chi connectivity index (χ1v) is 5.76. The zero-order valence-electron chi connectivity index (χ0n) is 8.05. The normalized spacial score (nSPS) is 22.5. The molecule has 1 aliphatic rings. The Kier molecular flexibility index (Phi) is 2.65. The van der Waals surface area contributed by atoms with Gasteiger partial charge >= 0.3 is 0 Å². The highest BCUT2D eigenvalue weighted by atomic mass is 32.1. The van der Waals surface area contributed by atoms with Gasteiger partial charge in [-0.3, -0.25) is 0 Å². The molecule has 1 aliphatic carbocycles. The van der Waals surface area contributed by atoms with Gasteiger partial charge in [0.1, 0.15) is 0 Å². The van der Waals surface area contributed by atoms with E-state index < -0.39 is 0 Å². The van der Waals surface area contributed by atoms with E-state index in [1.165, 1.54) is 34.8 Å². The molecular weight excluding hydrogens is 180 g/mol. The summed E-state index contributed by atoms with van der Waals surface area (Å²) in [6.45, 7) is 2.94. The van der Waals surface area contributed by atoms with Gasteiger partial charge in [-0.15, -0.1) is 11.3 Å². The molecule has 0 radical (unpaired) electrons. The van der Waals surface area contributed by atoms with Gasteiger partial charge in [-0.1, -0.05) is 0 Å². The molecule has 2 rings (SSSR count). The zero-order valence-corrected chi connectivity index (χ0v) is 8.86. The molecule has 1 atom stereocenters. The Balaban J connectivity index is 2.14. The quantitative estimate of drug-likeness (QED) is 0.697. The van der Waals surface area contributed by atoms with Crippen LogP contribution in [0.1, 0.15) is 28.4 Å². The van der Waals surface area contributed by atoms with E-state index in [1.807, 2.05) is 11.3 Å². The van der Waals surface area contributed by atoms with Gasteiger partial charge in [0.15, 0.2) is 0 Å². The average molecular weight is 196 g/mol. The highest BCUT2D eigenvalue weighted by molar-refractivity contribution is 7.11. The Morgan fingerprint density at radius 2 is 2.23 bits per heavy atom. The minimum Gasteiger partial charge on any atom is -0.330 e. The van der Waals surface area contributed by atoms with Crippen LogP contribution in [0.2, 0.25) is 0 Å². The molecule has 3 heteroatoms. The maximum atomic E-state index is 5.69. The smallest absolute Gasteiger partial charge is 0.0900 e. The predicted molar refractivity (Wildman–Crippen MR) is 56.0 cm³/mol. The molecule has 0 aromatic carbocycles. The third kappa shape index (κ3) is 1.92. The lowest BCUT2D eigenvalue weighted by Crippen LogP contribution is -2.14. The van der Waals surface area contributed by atoms with E-state index >= 15 is 0 Å². The Bertz CT molecular complexity index is 268. The minimum absolute atomic E-state index is 0.724. The van der Waals surface area contributed by atoms with Crippen LogP contribution >= 0.6 is 11.3 Å². The summed E-state index contributed by atoms with van der Waals surface area (Å²) in [7, 11) is 0. The molecule has 13 heavy (non-hydrogen) atoms. The van der Waals surface area contributed by atoms with Crippen LogP contribution in [-0.4, -0.2) is 11.5 Å². The van der Waals surface area contributed by atoms with Crippen molar-refractivity contribution in [2.75, 3.05) is 6.54 Å². The standard InChI is InChI=1S/C10H16N2S/c1-7-12-9-4-2-8(6-11)3-5-10(9)13-7/h8H,2-6,11H2,1H3. The Hall–Kier alpha value is -0.410. The van der Waals surface area contributed by atoms with Crippen LogP contribution in [-0.2, 0) is 12.8 Å². The van der Waals surface area contributed by atoms with Gasteiger partial charge in [-0.05, 0) is 45.1 Å². The SMILES string of the molecule is Cc1nc2c(s1)CCC(CN)CC2. The van der Waals surface area contributed by atoms with Crippen molar-refractivity contribution >= 4 is 11.3 Å². The number of nitrogens with two attached hydrogens (primary N) is 1. The number of thiazole rings is 1. The largest absolute Gasteiger partial charge is 0.330 e. The molecule has 0 spiro atoms. The second-order valence-electron chi connectivity index (χ2n) is 3.78. The van der Waals surface area contributed by atoms with Gasteiger partial charge in [-0.2, -0.15) is 0 Å². The monoisotopic (exact) mass is 196 g/mol.